The van der Waals surface area contributed by atoms with Gasteiger partial charge in [-0.3, -0.25) is 0 Å². The largest absolute Gasteiger partial charge is 0.573 e. The van der Waals surface area contributed by atoms with Crippen LogP contribution in [-0.4, -0.2) is 19.8 Å². The van der Waals surface area contributed by atoms with E-state index in [4.69, 9.17) is 16.4 Å². The van der Waals surface area contributed by atoms with Crippen molar-refractivity contribution in [3.63, 3.8) is 0 Å². The molecule has 0 atom stereocenters. The Labute approximate surface area is 92.4 Å². The summed E-state index contributed by atoms with van der Waals surface area (Å²) >= 11 is 0. The third-order valence-electron chi connectivity index (χ3n) is 1.35. The lowest BCUT2D eigenvalue weighted by Gasteiger charge is -2.10. The number of hydrogen-bond acceptors (Lipinski definition) is 5. The monoisotopic (exact) mass is 276 g/mol. The number of anilines is 1. The minimum Gasteiger partial charge on any atom is -0.402 e. The number of nitrogen functional groups attached to an aromatic ring is 1. The Bertz CT molecular complexity index is 502. The Kier molecular flexibility index (Phi) is 3.20. The summed E-state index contributed by atoms with van der Waals surface area (Å²) in [6, 6.07) is 0.670. The molecule has 1 heterocycles. The van der Waals surface area contributed by atoms with Crippen LogP contribution in [0.5, 0.6) is 5.75 Å². The van der Waals surface area contributed by atoms with E-state index < -0.39 is 31.9 Å². The molecule has 5 nitrogen and oxygen atoms in total. The summed E-state index contributed by atoms with van der Waals surface area (Å²) in [5, 5.41) is -0.652. The van der Waals surface area contributed by atoms with Crippen molar-refractivity contribution in [1.29, 1.82) is 0 Å². The van der Waals surface area contributed by atoms with Gasteiger partial charge in [0.25, 0.3) is 9.05 Å². The maximum Gasteiger partial charge on any atom is 0.573 e. The fourth-order valence-corrected chi connectivity index (χ4v) is 1.48. The summed E-state index contributed by atoms with van der Waals surface area (Å²) in [6.45, 7) is 0. The number of halogens is 4. The quantitative estimate of drug-likeness (QED) is 0.828. The second-order valence-corrected chi connectivity index (χ2v) is 5.06. The Morgan fingerprint density at radius 2 is 2.00 bits per heavy atom. The van der Waals surface area contributed by atoms with Gasteiger partial charge in [-0.25, -0.2) is 13.4 Å². The number of aromatic nitrogens is 1. The van der Waals surface area contributed by atoms with Gasteiger partial charge in [-0.2, -0.15) is 0 Å². The van der Waals surface area contributed by atoms with Gasteiger partial charge in [-0.05, 0) is 0 Å². The first kappa shape index (κ1) is 12.8. The first-order valence-electron chi connectivity index (χ1n) is 3.55. The van der Waals surface area contributed by atoms with Crippen molar-refractivity contribution in [3.05, 3.63) is 12.3 Å². The predicted molar refractivity (Wildman–Crippen MR) is 48.4 cm³/mol. The molecule has 0 aliphatic heterocycles. The van der Waals surface area contributed by atoms with E-state index in [9.17, 15) is 21.6 Å². The van der Waals surface area contributed by atoms with Crippen LogP contribution in [0.2, 0.25) is 0 Å². The van der Waals surface area contributed by atoms with Gasteiger partial charge in [0.1, 0.15) is 0 Å². The number of hydrogen-bond donors (Lipinski definition) is 1. The molecular weight excluding hydrogens is 273 g/mol. The number of nitrogens with zero attached hydrogens (tertiary/aromatic N) is 1. The number of rotatable bonds is 2. The zero-order valence-electron chi connectivity index (χ0n) is 7.32. The molecule has 1 rings (SSSR count). The average Bonchev–Trinajstić information content (AvgIpc) is 2.04. The third-order valence-corrected chi connectivity index (χ3v) is 2.55. The van der Waals surface area contributed by atoms with Gasteiger partial charge in [-0.1, -0.05) is 0 Å². The van der Waals surface area contributed by atoms with Crippen molar-refractivity contribution in [1.82, 2.24) is 4.98 Å². The summed E-state index contributed by atoms with van der Waals surface area (Å²) in [5.41, 5.74) is 4.60. The zero-order chi connectivity index (χ0) is 12.6. The molecule has 0 bridgehead atoms. The minimum atomic E-state index is -4.93. The summed E-state index contributed by atoms with van der Waals surface area (Å²) < 4.78 is 60.4. The Morgan fingerprint density at radius 3 is 2.38 bits per heavy atom. The van der Waals surface area contributed by atoms with E-state index in [0.29, 0.717) is 12.3 Å². The lowest BCUT2D eigenvalue weighted by Crippen LogP contribution is -2.18. The molecule has 0 saturated heterocycles. The minimum absolute atomic E-state index is 0.526. The van der Waals surface area contributed by atoms with E-state index in [-0.39, 0.29) is 0 Å². The topological polar surface area (TPSA) is 82.3 Å². The molecule has 0 radical (unpaired) electrons. The number of nitrogens with two attached hydrogens (primary N) is 1. The fourth-order valence-electron chi connectivity index (χ4n) is 0.782. The maximum atomic E-state index is 11.8. The summed E-state index contributed by atoms with van der Waals surface area (Å²) in [5.74, 6) is -0.795. The molecule has 0 aliphatic rings. The zero-order valence-corrected chi connectivity index (χ0v) is 8.90. The van der Waals surface area contributed by atoms with Crippen LogP contribution < -0.4 is 10.5 Å². The lowest BCUT2D eigenvalue weighted by molar-refractivity contribution is -0.274. The highest BCUT2D eigenvalue weighted by molar-refractivity contribution is 8.13. The van der Waals surface area contributed by atoms with Crippen molar-refractivity contribution in [2.24, 2.45) is 0 Å². The van der Waals surface area contributed by atoms with Gasteiger partial charge in [0.15, 0.2) is 10.8 Å². The first-order chi connectivity index (χ1) is 7.09. The Morgan fingerprint density at radius 1 is 1.44 bits per heavy atom. The maximum absolute atomic E-state index is 11.8. The molecule has 90 valence electrons. The average molecular weight is 277 g/mol. The molecule has 16 heavy (non-hydrogen) atoms. The van der Waals surface area contributed by atoms with E-state index in [2.05, 4.69) is 9.72 Å². The molecule has 0 spiro atoms. The molecule has 1 aromatic rings. The molecule has 0 amide bonds. The standard InChI is InChI=1S/C6H4ClF3N2O3S/c7-16(13,14)5-1-3(11)4(2-12-5)15-6(8,9)10/h1-2H,(H2,11,12). The van der Waals surface area contributed by atoms with Crippen LogP contribution in [-0.2, 0) is 9.05 Å². The van der Waals surface area contributed by atoms with E-state index in [1.165, 1.54) is 0 Å². The van der Waals surface area contributed by atoms with Crippen molar-refractivity contribution < 1.29 is 26.3 Å². The molecule has 1 aromatic heterocycles. The summed E-state index contributed by atoms with van der Waals surface area (Å²) in [6.07, 6.45) is -4.41. The van der Waals surface area contributed by atoms with Gasteiger partial charge in [0.2, 0.25) is 0 Å². The van der Waals surface area contributed by atoms with Gasteiger partial charge in [0, 0.05) is 16.7 Å². The molecule has 10 heteroatoms. The van der Waals surface area contributed by atoms with Crippen LogP contribution in [0, 0.1) is 0 Å². The Balaban J connectivity index is 3.11. The van der Waals surface area contributed by atoms with Crippen molar-refractivity contribution in [2.75, 3.05) is 5.73 Å². The van der Waals surface area contributed by atoms with E-state index >= 15 is 0 Å². The third kappa shape index (κ3) is 3.42. The van der Waals surface area contributed by atoms with Crippen LogP contribution in [0.1, 0.15) is 0 Å². The van der Waals surface area contributed by atoms with Crippen molar-refractivity contribution in [2.45, 2.75) is 11.4 Å². The Hall–Kier alpha value is -1.22. The normalized spacial score (nSPS) is 12.5. The summed E-state index contributed by atoms with van der Waals surface area (Å²) in [7, 11) is 0.766. The number of ether oxygens (including phenoxy) is 1. The van der Waals surface area contributed by atoms with Crippen LogP contribution >= 0.6 is 10.7 Å². The second kappa shape index (κ2) is 3.98. The fraction of sp³-hybridized carbons (Fsp3) is 0.167. The molecule has 0 aromatic carbocycles. The smallest absolute Gasteiger partial charge is 0.402 e. The highest BCUT2D eigenvalue weighted by Gasteiger charge is 2.32. The van der Waals surface area contributed by atoms with Crippen LogP contribution in [0.15, 0.2) is 17.3 Å². The SMILES string of the molecule is Nc1cc(S(=O)(=O)Cl)ncc1OC(F)(F)F. The number of alkyl halides is 3. The molecule has 0 saturated carbocycles. The van der Waals surface area contributed by atoms with Crippen LogP contribution in [0.4, 0.5) is 18.9 Å². The molecule has 2 N–H and O–H groups in total. The van der Waals surface area contributed by atoms with E-state index in [1.807, 2.05) is 0 Å². The number of pyridine rings is 1. The van der Waals surface area contributed by atoms with Gasteiger partial charge in [0.05, 0.1) is 11.9 Å². The summed E-state index contributed by atoms with van der Waals surface area (Å²) in [4.78, 5) is 3.17. The predicted octanol–water partition coefficient (Wildman–Crippen LogP) is 1.49. The first-order valence-corrected chi connectivity index (χ1v) is 5.86. The van der Waals surface area contributed by atoms with Crippen molar-refractivity contribution in [3.8, 4) is 5.75 Å². The van der Waals surface area contributed by atoms with Crippen LogP contribution in [0.3, 0.4) is 0 Å². The molecule has 0 fully saturated rings. The van der Waals surface area contributed by atoms with Gasteiger partial charge >= 0.3 is 6.36 Å². The second-order valence-electron chi connectivity index (χ2n) is 2.55. The van der Waals surface area contributed by atoms with Crippen LogP contribution in [0.25, 0.3) is 0 Å². The van der Waals surface area contributed by atoms with E-state index in [0.717, 1.165) is 0 Å². The highest BCUT2D eigenvalue weighted by Crippen LogP contribution is 2.29. The molecular formula is C6H4ClF3N2O3S. The van der Waals surface area contributed by atoms with Gasteiger partial charge in [-0.15, -0.1) is 13.2 Å². The molecule has 0 aliphatic carbocycles. The van der Waals surface area contributed by atoms with Crippen molar-refractivity contribution >= 4 is 25.4 Å². The highest BCUT2D eigenvalue weighted by atomic mass is 35.7. The van der Waals surface area contributed by atoms with Gasteiger partial charge < -0.3 is 10.5 Å². The lowest BCUT2D eigenvalue weighted by atomic mass is 10.4. The van der Waals surface area contributed by atoms with E-state index in [1.54, 1.807) is 0 Å². The molecule has 0 unspecified atom stereocenters.